The summed E-state index contributed by atoms with van der Waals surface area (Å²) in [6, 6.07) is -1.40. The van der Waals surface area contributed by atoms with Crippen molar-refractivity contribution in [3.8, 4) is 0 Å². The van der Waals surface area contributed by atoms with E-state index in [0.29, 0.717) is 24.3 Å². The lowest BCUT2D eigenvalue weighted by Crippen LogP contribution is -2.72. The normalized spacial score (nSPS) is 28.4. The number of likely N-dealkylation sites (N-methyl/N-ethyl adjacent to an activating group) is 1. The largest absolute Gasteiger partial charge is 0.543 e. The van der Waals surface area contributed by atoms with Crippen molar-refractivity contribution >= 4 is 57.6 Å². The number of β-lactam (4-membered cyclic amide) rings is 1. The zero-order valence-electron chi connectivity index (χ0n) is 19.1. The molecule has 3 aliphatic rings. The van der Waals surface area contributed by atoms with Crippen LogP contribution in [0.1, 0.15) is 18.5 Å². The minimum Gasteiger partial charge on any atom is -0.543 e. The van der Waals surface area contributed by atoms with Gasteiger partial charge in [-0.1, -0.05) is 5.16 Å². The summed E-state index contributed by atoms with van der Waals surface area (Å²) in [7, 11) is 3.13. The predicted octanol–water partition coefficient (Wildman–Crippen LogP) is -2.43. The molecule has 0 radical (unpaired) electrons. The number of fused-ring (bicyclic) bond motifs is 1. The standard InChI is InChI=1S/C20H25N7O6S2/c1-27(5-3-4-11(27)15(21)28)6-9-7-34-18-13(17(30)26(18)14(9)19(31)32)24-16(29)12(25-33-2)10-8-35-20(22)23-10/h8,11,13,18H,3-7H2,1-2H3,(H5-,21,22,23,24,28,29,31,32)/b25-12-/t11?,13?,18-,27+/m1/s1. The molecule has 1 aromatic heterocycles. The van der Waals surface area contributed by atoms with Gasteiger partial charge in [0.2, 0.25) is 0 Å². The molecule has 1 aromatic rings. The molecule has 2 saturated heterocycles. The van der Waals surface area contributed by atoms with Crippen LogP contribution in [0.4, 0.5) is 5.13 Å². The van der Waals surface area contributed by atoms with E-state index in [-0.39, 0.29) is 33.3 Å². The van der Waals surface area contributed by atoms with Crippen molar-refractivity contribution in [2.24, 2.45) is 10.9 Å². The van der Waals surface area contributed by atoms with Gasteiger partial charge in [-0.2, -0.15) is 0 Å². The molecule has 15 heteroatoms. The highest BCUT2D eigenvalue weighted by Crippen LogP contribution is 2.41. The highest BCUT2D eigenvalue weighted by molar-refractivity contribution is 8.00. The van der Waals surface area contributed by atoms with Crippen LogP contribution in [-0.4, -0.2) is 94.2 Å². The highest BCUT2D eigenvalue weighted by atomic mass is 32.2. The molecule has 4 atom stereocenters. The number of amides is 3. The Morgan fingerprint density at radius 1 is 1.43 bits per heavy atom. The molecular weight excluding hydrogens is 498 g/mol. The Labute approximate surface area is 208 Å². The lowest BCUT2D eigenvalue weighted by molar-refractivity contribution is -0.907. The number of hydrogen-bond acceptors (Lipinski definition) is 11. The quantitative estimate of drug-likeness (QED) is 0.144. The van der Waals surface area contributed by atoms with E-state index >= 15 is 0 Å². The number of nitrogens with one attached hydrogen (secondary N) is 1. The molecule has 0 bridgehead atoms. The van der Waals surface area contributed by atoms with Crippen LogP contribution in [0.5, 0.6) is 0 Å². The number of rotatable bonds is 8. The number of anilines is 1. The van der Waals surface area contributed by atoms with Gasteiger partial charge in [0.1, 0.15) is 30.8 Å². The number of quaternary nitrogens is 1. The molecular formula is C20H25N7O6S2. The van der Waals surface area contributed by atoms with Gasteiger partial charge < -0.3 is 36.0 Å². The molecule has 2 fully saturated rings. The molecule has 4 rings (SSSR count). The Balaban J connectivity index is 1.54. The van der Waals surface area contributed by atoms with Crippen LogP contribution in [0.25, 0.3) is 0 Å². The smallest absolute Gasteiger partial charge is 0.276 e. The number of nitrogens with two attached hydrogens (primary N) is 2. The maximum atomic E-state index is 13.0. The number of oxime groups is 1. The third-order valence-electron chi connectivity index (χ3n) is 6.47. The maximum Gasteiger partial charge on any atom is 0.276 e. The van der Waals surface area contributed by atoms with Gasteiger partial charge in [-0.15, -0.1) is 23.1 Å². The SMILES string of the molecule is CO/N=C(\C(=O)NC1C(=O)N2C(C(=O)[O-])=C(C[N@+]3(C)CCCC3C(N)=O)CS[C@H]12)c1csc(N)n1. The maximum absolute atomic E-state index is 13.0. The summed E-state index contributed by atoms with van der Waals surface area (Å²) in [6.45, 7) is 0.925. The van der Waals surface area contributed by atoms with Crippen molar-refractivity contribution in [3.63, 3.8) is 0 Å². The fraction of sp³-hybridized carbons (Fsp3) is 0.500. The molecule has 0 aromatic carbocycles. The number of thioether (sulfide) groups is 1. The first-order chi connectivity index (χ1) is 16.6. The van der Waals surface area contributed by atoms with Gasteiger partial charge >= 0.3 is 0 Å². The minimum atomic E-state index is -1.48. The minimum absolute atomic E-state index is 0.159. The second-order valence-corrected chi connectivity index (χ2v) is 10.7. The number of likely N-dealkylation sites (tertiary alicyclic amines) is 1. The van der Waals surface area contributed by atoms with E-state index in [1.807, 2.05) is 7.05 Å². The number of carboxylic acid groups (broad SMARTS) is 1. The van der Waals surface area contributed by atoms with Crippen LogP contribution < -0.4 is 21.9 Å². The van der Waals surface area contributed by atoms with E-state index in [4.69, 9.17) is 16.3 Å². The van der Waals surface area contributed by atoms with Crippen LogP contribution >= 0.6 is 23.1 Å². The fourth-order valence-corrected chi connectivity index (χ4v) is 6.77. The summed E-state index contributed by atoms with van der Waals surface area (Å²) < 4.78 is 0.280. The van der Waals surface area contributed by atoms with Gasteiger partial charge in [-0.25, -0.2) is 4.98 Å². The molecule has 35 heavy (non-hydrogen) atoms. The number of nitrogens with zero attached hydrogens (tertiary/aromatic N) is 4. The van der Waals surface area contributed by atoms with Gasteiger partial charge in [0.15, 0.2) is 16.9 Å². The highest BCUT2D eigenvalue weighted by Gasteiger charge is 2.54. The zero-order chi connectivity index (χ0) is 25.5. The monoisotopic (exact) mass is 523 g/mol. The molecule has 188 valence electrons. The summed E-state index contributed by atoms with van der Waals surface area (Å²) in [6.07, 6.45) is 1.42. The van der Waals surface area contributed by atoms with E-state index in [2.05, 4.69) is 15.5 Å². The molecule has 3 aliphatic heterocycles. The molecule has 0 saturated carbocycles. The lowest BCUT2D eigenvalue weighted by atomic mass is 10.0. The number of primary amides is 1. The number of carbonyl (C=O) groups excluding carboxylic acids is 4. The summed E-state index contributed by atoms with van der Waals surface area (Å²) in [5.41, 5.74) is 11.5. The van der Waals surface area contributed by atoms with Gasteiger partial charge in [-0.05, 0) is 0 Å². The van der Waals surface area contributed by atoms with Crippen LogP contribution in [0.3, 0.4) is 0 Å². The number of nitrogen functional groups attached to an aromatic ring is 1. The second-order valence-electron chi connectivity index (χ2n) is 8.72. The number of aliphatic carboxylic acids is 1. The third-order valence-corrected chi connectivity index (χ3v) is 8.48. The predicted molar refractivity (Wildman–Crippen MR) is 125 cm³/mol. The molecule has 4 heterocycles. The van der Waals surface area contributed by atoms with Crippen LogP contribution in [0, 0.1) is 0 Å². The number of carboxylic acids is 1. The summed E-state index contributed by atoms with van der Waals surface area (Å²) in [5.74, 6) is -2.91. The van der Waals surface area contributed by atoms with Crippen LogP contribution in [-0.2, 0) is 24.0 Å². The van der Waals surface area contributed by atoms with Gasteiger partial charge in [0.25, 0.3) is 17.7 Å². The number of thiazole rings is 1. The zero-order valence-corrected chi connectivity index (χ0v) is 20.7. The van der Waals surface area contributed by atoms with E-state index in [1.165, 1.54) is 24.3 Å². The van der Waals surface area contributed by atoms with E-state index < -0.39 is 41.1 Å². The van der Waals surface area contributed by atoms with E-state index in [0.717, 1.165) is 22.7 Å². The third kappa shape index (κ3) is 4.46. The average molecular weight is 524 g/mol. The fourth-order valence-electron chi connectivity index (χ4n) is 4.88. The number of hydrogen-bond donors (Lipinski definition) is 3. The first-order valence-electron chi connectivity index (χ1n) is 10.7. The summed E-state index contributed by atoms with van der Waals surface area (Å²) in [4.78, 5) is 59.8. The summed E-state index contributed by atoms with van der Waals surface area (Å²) >= 11 is 2.44. The molecule has 3 amide bonds. The van der Waals surface area contributed by atoms with Crippen molar-refractivity contribution in [2.75, 3.05) is 38.7 Å². The number of aromatic nitrogens is 1. The van der Waals surface area contributed by atoms with Crippen molar-refractivity contribution in [1.29, 1.82) is 0 Å². The van der Waals surface area contributed by atoms with E-state index in [1.54, 1.807) is 0 Å². The first-order valence-corrected chi connectivity index (χ1v) is 12.6. The van der Waals surface area contributed by atoms with Crippen molar-refractivity contribution < 1.29 is 33.6 Å². The summed E-state index contributed by atoms with van der Waals surface area (Å²) in [5, 5.41) is 19.5. The van der Waals surface area contributed by atoms with Crippen LogP contribution in [0.15, 0.2) is 21.8 Å². The lowest BCUT2D eigenvalue weighted by Gasteiger charge is -2.51. The Kier molecular flexibility index (Phi) is 6.75. The van der Waals surface area contributed by atoms with Gasteiger partial charge in [0.05, 0.1) is 25.3 Å². The Bertz CT molecular complexity index is 1150. The first kappa shape index (κ1) is 24.9. The van der Waals surface area contributed by atoms with Gasteiger partial charge in [-0.3, -0.25) is 19.3 Å². The Hall–Kier alpha value is -3.17. The Morgan fingerprint density at radius 2 is 2.17 bits per heavy atom. The second kappa shape index (κ2) is 9.47. The van der Waals surface area contributed by atoms with Crippen molar-refractivity contribution in [1.82, 2.24) is 15.2 Å². The average Bonchev–Trinajstić information content (AvgIpc) is 3.40. The topological polar surface area (TPSA) is 193 Å². The molecule has 0 spiro atoms. The Morgan fingerprint density at radius 3 is 2.77 bits per heavy atom. The van der Waals surface area contributed by atoms with Gasteiger partial charge in [0, 0.05) is 29.5 Å². The van der Waals surface area contributed by atoms with E-state index in [9.17, 15) is 24.3 Å². The molecule has 0 aliphatic carbocycles. The molecule has 13 nitrogen and oxygen atoms in total. The molecule has 2 unspecified atom stereocenters. The number of carbonyl (C=O) groups is 4. The van der Waals surface area contributed by atoms with Crippen molar-refractivity contribution in [3.05, 3.63) is 22.3 Å². The van der Waals surface area contributed by atoms with Crippen LogP contribution in [0.2, 0.25) is 0 Å². The van der Waals surface area contributed by atoms with Crippen molar-refractivity contribution in [2.45, 2.75) is 30.3 Å². The molecule has 5 N–H and O–H groups in total.